The lowest BCUT2D eigenvalue weighted by atomic mass is 10.2. The van der Waals surface area contributed by atoms with Gasteiger partial charge in [0.15, 0.2) is 0 Å². The number of rotatable bonds is 6. The topological polar surface area (TPSA) is 40.7 Å². The van der Waals surface area contributed by atoms with Crippen LogP contribution in [-0.4, -0.2) is 16.5 Å². The Morgan fingerprint density at radius 2 is 2.07 bits per heavy atom. The van der Waals surface area contributed by atoms with Gasteiger partial charge in [0.25, 0.3) is 0 Å². The van der Waals surface area contributed by atoms with E-state index in [4.69, 9.17) is 0 Å². The van der Waals surface area contributed by atoms with Gasteiger partial charge in [-0.25, -0.2) is 4.98 Å². The lowest BCUT2D eigenvalue weighted by Gasteiger charge is -1.96. The number of aromatic nitrogens is 2. The van der Waals surface area contributed by atoms with Crippen molar-refractivity contribution in [3.63, 3.8) is 0 Å². The van der Waals surface area contributed by atoms with Crippen LogP contribution in [0.3, 0.4) is 0 Å². The minimum absolute atomic E-state index is 0.854. The Morgan fingerprint density at radius 3 is 2.64 bits per heavy atom. The van der Waals surface area contributed by atoms with Gasteiger partial charge in [0, 0.05) is 5.69 Å². The molecule has 0 bridgehead atoms. The molecule has 0 amide bonds. The lowest BCUT2D eigenvalue weighted by Crippen LogP contribution is -2.12. The first-order valence-corrected chi connectivity index (χ1v) is 5.59. The van der Waals surface area contributed by atoms with Gasteiger partial charge in [0.2, 0.25) is 0 Å². The zero-order valence-corrected chi connectivity index (χ0v) is 9.48. The fourth-order valence-corrected chi connectivity index (χ4v) is 1.58. The highest BCUT2D eigenvalue weighted by Crippen LogP contribution is 2.09. The molecule has 0 aromatic carbocycles. The second-order valence-electron chi connectivity index (χ2n) is 3.49. The standard InChI is InChI=1S/C11H21N3/c1-4-7-10-9(5-2)13-11(14-10)8-12-6-3/h12H,4-8H2,1-3H3,(H,13,14). The fourth-order valence-electron chi connectivity index (χ4n) is 1.58. The van der Waals surface area contributed by atoms with Crippen molar-refractivity contribution in [2.24, 2.45) is 0 Å². The summed E-state index contributed by atoms with van der Waals surface area (Å²) in [5, 5.41) is 3.28. The molecule has 3 nitrogen and oxygen atoms in total. The predicted octanol–water partition coefficient (Wildman–Crippen LogP) is 2.03. The summed E-state index contributed by atoms with van der Waals surface area (Å²) in [5.41, 5.74) is 2.56. The van der Waals surface area contributed by atoms with Crippen molar-refractivity contribution in [3.8, 4) is 0 Å². The maximum absolute atomic E-state index is 4.57. The molecule has 1 rings (SSSR count). The van der Waals surface area contributed by atoms with E-state index in [1.165, 1.54) is 17.8 Å². The van der Waals surface area contributed by atoms with Crippen LogP contribution < -0.4 is 5.32 Å². The molecule has 0 radical (unpaired) electrons. The smallest absolute Gasteiger partial charge is 0.120 e. The average molecular weight is 195 g/mol. The average Bonchev–Trinajstić information content (AvgIpc) is 2.58. The van der Waals surface area contributed by atoms with E-state index in [1.807, 2.05) is 0 Å². The minimum Gasteiger partial charge on any atom is -0.345 e. The number of nitrogens with zero attached hydrogens (tertiary/aromatic N) is 1. The summed E-state index contributed by atoms with van der Waals surface area (Å²) < 4.78 is 0. The van der Waals surface area contributed by atoms with E-state index >= 15 is 0 Å². The number of aryl methyl sites for hydroxylation is 2. The zero-order valence-electron chi connectivity index (χ0n) is 9.48. The number of imidazole rings is 1. The number of H-pyrrole nitrogens is 1. The van der Waals surface area contributed by atoms with Crippen molar-refractivity contribution in [2.75, 3.05) is 6.54 Å². The first-order chi connectivity index (χ1) is 6.81. The molecule has 1 aromatic heterocycles. The van der Waals surface area contributed by atoms with Gasteiger partial charge in [-0.15, -0.1) is 0 Å². The SMILES string of the molecule is CCCc1[nH]c(CNCC)nc1CC. The summed E-state index contributed by atoms with van der Waals surface area (Å²) in [7, 11) is 0. The van der Waals surface area contributed by atoms with Crippen molar-refractivity contribution >= 4 is 0 Å². The largest absolute Gasteiger partial charge is 0.345 e. The molecule has 0 saturated heterocycles. The van der Waals surface area contributed by atoms with Crippen LogP contribution in [0.1, 0.15) is 44.4 Å². The number of hydrogen-bond donors (Lipinski definition) is 2. The fraction of sp³-hybridized carbons (Fsp3) is 0.727. The van der Waals surface area contributed by atoms with Gasteiger partial charge in [-0.2, -0.15) is 0 Å². The highest BCUT2D eigenvalue weighted by atomic mass is 15.0. The Labute approximate surface area is 86.3 Å². The van der Waals surface area contributed by atoms with Gasteiger partial charge < -0.3 is 10.3 Å². The number of nitrogens with one attached hydrogen (secondary N) is 2. The molecular weight excluding hydrogens is 174 g/mol. The van der Waals surface area contributed by atoms with Crippen LogP contribution in [0.15, 0.2) is 0 Å². The van der Waals surface area contributed by atoms with Crippen molar-refractivity contribution in [1.82, 2.24) is 15.3 Å². The Hall–Kier alpha value is -0.830. The zero-order chi connectivity index (χ0) is 10.4. The molecule has 80 valence electrons. The summed E-state index contributed by atoms with van der Waals surface area (Å²) in [6, 6.07) is 0. The van der Waals surface area contributed by atoms with E-state index in [0.717, 1.165) is 31.8 Å². The summed E-state index contributed by atoms with van der Waals surface area (Å²) in [6.07, 6.45) is 3.32. The minimum atomic E-state index is 0.854. The van der Waals surface area contributed by atoms with E-state index in [-0.39, 0.29) is 0 Å². The second-order valence-corrected chi connectivity index (χ2v) is 3.49. The lowest BCUT2D eigenvalue weighted by molar-refractivity contribution is 0.694. The third-order valence-corrected chi connectivity index (χ3v) is 2.29. The Kier molecular flexibility index (Phi) is 4.66. The van der Waals surface area contributed by atoms with Crippen LogP contribution in [0.5, 0.6) is 0 Å². The molecule has 14 heavy (non-hydrogen) atoms. The highest BCUT2D eigenvalue weighted by molar-refractivity contribution is 5.14. The van der Waals surface area contributed by atoms with Crippen molar-refractivity contribution < 1.29 is 0 Å². The van der Waals surface area contributed by atoms with Gasteiger partial charge in [-0.3, -0.25) is 0 Å². The van der Waals surface area contributed by atoms with Crippen LogP contribution in [0.4, 0.5) is 0 Å². The Bertz CT molecular complexity index is 265. The number of aromatic amines is 1. The van der Waals surface area contributed by atoms with Crippen LogP contribution in [0.25, 0.3) is 0 Å². The summed E-state index contributed by atoms with van der Waals surface area (Å²) in [4.78, 5) is 7.96. The number of hydrogen-bond acceptors (Lipinski definition) is 2. The predicted molar refractivity (Wildman–Crippen MR) is 59.3 cm³/mol. The van der Waals surface area contributed by atoms with Crippen molar-refractivity contribution in [1.29, 1.82) is 0 Å². The van der Waals surface area contributed by atoms with Gasteiger partial charge in [-0.05, 0) is 19.4 Å². The first-order valence-electron chi connectivity index (χ1n) is 5.59. The van der Waals surface area contributed by atoms with Crippen LogP contribution in [0.2, 0.25) is 0 Å². The van der Waals surface area contributed by atoms with Crippen molar-refractivity contribution in [2.45, 2.75) is 46.6 Å². The van der Waals surface area contributed by atoms with Crippen LogP contribution >= 0.6 is 0 Å². The normalized spacial score (nSPS) is 10.8. The van der Waals surface area contributed by atoms with E-state index in [0.29, 0.717) is 0 Å². The molecule has 2 N–H and O–H groups in total. The summed E-state index contributed by atoms with van der Waals surface area (Å²) in [5.74, 6) is 1.08. The molecule has 0 atom stereocenters. The Balaban J connectivity index is 2.67. The molecule has 0 unspecified atom stereocenters. The first kappa shape index (κ1) is 11.2. The van der Waals surface area contributed by atoms with Gasteiger partial charge in [0.05, 0.1) is 12.2 Å². The molecule has 0 aliphatic heterocycles. The third-order valence-electron chi connectivity index (χ3n) is 2.29. The molecule has 0 spiro atoms. The second kappa shape index (κ2) is 5.81. The maximum Gasteiger partial charge on any atom is 0.120 e. The third kappa shape index (κ3) is 2.84. The monoisotopic (exact) mass is 195 g/mol. The molecule has 0 aliphatic carbocycles. The molecule has 0 fully saturated rings. The van der Waals surface area contributed by atoms with Gasteiger partial charge >= 0.3 is 0 Å². The van der Waals surface area contributed by atoms with Crippen molar-refractivity contribution in [3.05, 3.63) is 17.2 Å². The van der Waals surface area contributed by atoms with E-state index in [1.54, 1.807) is 0 Å². The Morgan fingerprint density at radius 1 is 1.29 bits per heavy atom. The van der Waals surface area contributed by atoms with Crippen LogP contribution in [0, 0.1) is 0 Å². The maximum atomic E-state index is 4.57. The molecule has 0 aliphatic rings. The van der Waals surface area contributed by atoms with E-state index in [9.17, 15) is 0 Å². The van der Waals surface area contributed by atoms with Gasteiger partial charge in [-0.1, -0.05) is 27.2 Å². The van der Waals surface area contributed by atoms with Crippen LogP contribution in [-0.2, 0) is 19.4 Å². The van der Waals surface area contributed by atoms with Gasteiger partial charge in [0.1, 0.15) is 5.82 Å². The highest BCUT2D eigenvalue weighted by Gasteiger charge is 2.06. The quantitative estimate of drug-likeness (QED) is 0.729. The summed E-state index contributed by atoms with van der Waals surface area (Å²) >= 11 is 0. The molecule has 1 aromatic rings. The van der Waals surface area contributed by atoms with E-state index in [2.05, 4.69) is 36.1 Å². The molecule has 0 saturated carbocycles. The molecular formula is C11H21N3. The molecule has 3 heteroatoms. The van der Waals surface area contributed by atoms with E-state index < -0.39 is 0 Å². The summed E-state index contributed by atoms with van der Waals surface area (Å²) in [6.45, 7) is 8.31. The molecule has 1 heterocycles.